The minimum atomic E-state index is 0.440. The van der Waals surface area contributed by atoms with Gasteiger partial charge in [-0.25, -0.2) is 0 Å². The number of hydrogen-bond acceptors (Lipinski definition) is 3. The van der Waals surface area contributed by atoms with Crippen LogP contribution in [0.15, 0.2) is 47.5 Å². The molecular formula is C16H13Cl2NOS. The number of benzene rings is 2. The molecule has 0 spiro atoms. The molecule has 0 saturated carbocycles. The van der Waals surface area contributed by atoms with Crippen molar-refractivity contribution in [1.82, 2.24) is 0 Å². The zero-order valence-electron chi connectivity index (χ0n) is 11.2. The lowest BCUT2D eigenvalue weighted by Gasteiger charge is -2.10. The van der Waals surface area contributed by atoms with Crippen LogP contribution in [-0.4, -0.2) is 17.3 Å². The van der Waals surface area contributed by atoms with E-state index in [1.54, 1.807) is 11.8 Å². The van der Waals surface area contributed by atoms with Crippen LogP contribution in [0.25, 0.3) is 0 Å². The Labute approximate surface area is 138 Å². The number of aliphatic imine (C=N–C) groups is 1. The average molecular weight is 338 g/mol. The summed E-state index contributed by atoms with van der Waals surface area (Å²) in [4.78, 5) is 4.45. The lowest BCUT2D eigenvalue weighted by atomic mass is 10.2. The van der Waals surface area contributed by atoms with Crippen molar-refractivity contribution in [1.29, 1.82) is 0 Å². The van der Waals surface area contributed by atoms with Crippen LogP contribution in [0.4, 0.5) is 0 Å². The molecule has 0 saturated heterocycles. The molecule has 1 heterocycles. The first-order valence-electron chi connectivity index (χ1n) is 6.57. The lowest BCUT2D eigenvalue weighted by Crippen LogP contribution is -1.97. The quantitative estimate of drug-likeness (QED) is 0.777. The summed E-state index contributed by atoms with van der Waals surface area (Å²) < 4.78 is 5.76. The van der Waals surface area contributed by atoms with Crippen molar-refractivity contribution < 1.29 is 4.74 Å². The van der Waals surface area contributed by atoms with Gasteiger partial charge < -0.3 is 4.74 Å². The smallest absolute Gasteiger partial charge is 0.138 e. The minimum Gasteiger partial charge on any atom is -0.487 e. The molecule has 1 aliphatic heterocycles. The molecule has 0 aromatic heterocycles. The van der Waals surface area contributed by atoms with E-state index in [1.807, 2.05) is 42.5 Å². The summed E-state index contributed by atoms with van der Waals surface area (Å²) in [7, 11) is 0. The van der Waals surface area contributed by atoms with Gasteiger partial charge in [-0.15, -0.1) is 11.8 Å². The largest absolute Gasteiger partial charge is 0.487 e. The molecule has 0 amide bonds. The van der Waals surface area contributed by atoms with E-state index in [9.17, 15) is 0 Å². The van der Waals surface area contributed by atoms with Gasteiger partial charge in [-0.05, 0) is 35.9 Å². The van der Waals surface area contributed by atoms with Crippen LogP contribution in [0.2, 0.25) is 10.0 Å². The Kier molecular flexibility index (Phi) is 4.73. The Morgan fingerprint density at radius 1 is 1.14 bits per heavy atom. The van der Waals surface area contributed by atoms with Crippen molar-refractivity contribution in [3.05, 3.63) is 63.6 Å². The Morgan fingerprint density at radius 2 is 2.05 bits per heavy atom. The van der Waals surface area contributed by atoms with Crippen molar-refractivity contribution >= 4 is 40.0 Å². The average Bonchev–Trinajstić information content (AvgIpc) is 3.00. The first-order chi connectivity index (χ1) is 10.2. The number of ether oxygens (including phenoxy) is 1. The summed E-state index contributed by atoms with van der Waals surface area (Å²) in [6.45, 7) is 1.32. The first-order valence-corrected chi connectivity index (χ1v) is 8.31. The van der Waals surface area contributed by atoms with Crippen LogP contribution >= 0.6 is 35.0 Å². The van der Waals surface area contributed by atoms with Gasteiger partial charge in [0.15, 0.2) is 0 Å². The molecule has 0 radical (unpaired) electrons. The molecule has 0 unspecified atom stereocenters. The van der Waals surface area contributed by atoms with E-state index in [4.69, 9.17) is 27.9 Å². The second kappa shape index (κ2) is 6.73. The summed E-state index contributed by atoms with van der Waals surface area (Å²) in [6, 6.07) is 13.4. The van der Waals surface area contributed by atoms with E-state index in [1.165, 1.54) is 0 Å². The highest BCUT2D eigenvalue weighted by atomic mass is 35.5. The van der Waals surface area contributed by atoms with Crippen molar-refractivity contribution in [2.75, 3.05) is 12.3 Å². The number of rotatable bonds is 4. The van der Waals surface area contributed by atoms with Gasteiger partial charge in [0.25, 0.3) is 0 Å². The van der Waals surface area contributed by atoms with Gasteiger partial charge in [0.05, 0.1) is 10.1 Å². The molecule has 0 aliphatic carbocycles. The molecule has 5 heteroatoms. The van der Waals surface area contributed by atoms with Crippen LogP contribution in [0.5, 0.6) is 5.75 Å². The fourth-order valence-electron chi connectivity index (χ4n) is 2.05. The second-order valence-corrected chi connectivity index (χ2v) is 6.53. The fraction of sp³-hybridized carbons (Fsp3) is 0.188. The third kappa shape index (κ3) is 3.73. The van der Waals surface area contributed by atoms with Gasteiger partial charge in [-0.2, -0.15) is 0 Å². The number of halogens is 2. The van der Waals surface area contributed by atoms with Crippen molar-refractivity contribution in [3.63, 3.8) is 0 Å². The SMILES string of the molecule is Clc1cccc(COc2ccc(C3=NCCS3)cc2Cl)c1. The molecule has 2 aromatic rings. The molecular weight excluding hydrogens is 325 g/mol. The monoisotopic (exact) mass is 337 g/mol. The minimum absolute atomic E-state index is 0.440. The van der Waals surface area contributed by atoms with Gasteiger partial charge >= 0.3 is 0 Å². The molecule has 0 atom stereocenters. The second-order valence-electron chi connectivity index (χ2n) is 4.60. The molecule has 3 rings (SSSR count). The van der Waals surface area contributed by atoms with E-state index in [0.717, 1.165) is 28.5 Å². The Balaban J connectivity index is 1.71. The Bertz CT molecular complexity index is 688. The van der Waals surface area contributed by atoms with Gasteiger partial charge in [0.2, 0.25) is 0 Å². The lowest BCUT2D eigenvalue weighted by molar-refractivity contribution is 0.306. The van der Waals surface area contributed by atoms with Crippen LogP contribution in [0.3, 0.4) is 0 Å². The zero-order chi connectivity index (χ0) is 14.7. The van der Waals surface area contributed by atoms with Crippen LogP contribution in [-0.2, 0) is 6.61 Å². The van der Waals surface area contributed by atoms with Gasteiger partial charge in [-0.1, -0.05) is 35.3 Å². The highest BCUT2D eigenvalue weighted by molar-refractivity contribution is 8.14. The number of nitrogens with zero attached hydrogens (tertiary/aromatic N) is 1. The maximum Gasteiger partial charge on any atom is 0.138 e. The van der Waals surface area contributed by atoms with Crippen LogP contribution < -0.4 is 4.74 Å². The van der Waals surface area contributed by atoms with Crippen molar-refractivity contribution in [3.8, 4) is 5.75 Å². The predicted molar refractivity (Wildman–Crippen MR) is 91.1 cm³/mol. The van der Waals surface area contributed by atoms with Crippen molar-refractivity contribution in [2.45, 2.75) is 6.61 Å². The Morgan fingerprint density at radius 3 is 2.76 bits per heavy atom. The van der Waals surface area contributed by atoms with Gasteiger partial charge in [0, 0.05) is 22.9 Å². The zero-order valence-corrected chi connectivity index (χ0v) is 13.5. The normalized spacial score (nSPS) is 14.1. The molecule has 2 nitrogen and oxygen atoms in total. The highest BCUT2D eigenvalue weighted by Crippen LogP contribution is 2.29. The van der Waals surface area contributed by atoms with E-state index in [-0.39, 0.29) is 0 Å². The predicted octanol–water partition coefficient (Wildman–Crippen LogP) is 5.07. The Hall–Kier alpha value is -1.16. The topological polar surface area (TPSA) is 21.6 Å². The maximum absolute atomic E-state index is 6.29. The van der Waals surface area contributed by atoms with Crippen LogP contribution in [0, 0.1) is 0 Å². The highest BCUT2D eigenvalue weighted by Gasteiger charge is 2.12. The molecule has 0 bridgehead atoms. The van der Waals surface area contributed by atoms with E-state index < -0.39 is 0 Å². The third-order valence-corrected chi connectivity index (χ3v) is 4.60. The van der Waals surface area contributed by atoms with E-state index in [2.05, 4.69) is 4.99 Å². The molecule has 2 aromatic carbocycles. The van der Waals surface area contributed by atoms with Crippen LogP contribution in [0.1, 0.15) is 11.1 Å². The molecule has 1 aliphatic rings. The van der Waals surface area contributed by atoms with Gasteiger partial charge in [0.1, 0.15) is 12.4 Å². The standard InChI is InChI=1S/C16H13Cl2NOS/c17-13-3-1-2-11(8-13)10-20-15-5-4-12(9-14(15)18)16-19-6-7-21-16/h1-5,8-9H,6-7,10H2. The number of thioether (sulfide) groups is 1. The fourth-order valence-corrected chi connectivity index (χ4v) is 3.35. The molecule has 21 heavy (non-hydrogen) atoms. The first kappa shape index (κ1) is 14.8. The van der Waals surface area contributed by atoms with E-state index >= 15 is 0 Å². The molecule has 108 valence electrons. The summed E-state index contributed by atoms with van der Waals surface area (Å²) in [5.41, 5.74) is 2.07. The summed E-state index contributed by atoms with van der Waals surface area (Å²) in [5.74, 6) is 1.71. The summed E-state index contributed by atoms with van der Waals surface area (Å²) in [5, 5.41) is 2.36. The van der Waals surface area contributed by atoms with E-state index in [0.29, 0.717) is 22.4 Å². The maximum atomic E-state index is 6.29. The summed E-state index contributed by atoms with van der Waals surface area (Å²) in [6.07, 6.45) is 0. The molecule has 0 N–H and O–H groups in total. The summed E-state index contributed by atoms with van der Waals surface area (Å²) >= 11 is 14.0. The van der Waals surface area contributed by atoms with Crippen molar-refractivity contribution in [2.24, 2.45) is 4.99 Å². The third-order valence-electron chi connectivity index (χ3n) is 3.05. The molecule has 0 fully saturated rings. The van der Waals surface area contributed by atoms with Gasteiger partial charge in [-0.3, -0.25) is 4.99 Å². The number of hydrogen-bond donors (Lipinski definition) is 0.